The van der Waals surface area contributed by atoms with Gasteiger partial charge in [0.2, 0.25) is 0 Å². The molecule has 0 aliphatic rings. The summed E-state index contributed by atoms with van der Waals surface area (Å²) in [6.45, 7) is 7.19. The van der Waals surface area contributed by atoms with Gasteiger partial charge in [-0.2, -0.15) is 0 Å². The van der Waals surface area contributed by atoms with E-state index < -0.39 is 0 Å². The number of nitrogens with one attached hydrogen (secondary N) is 2. The summed E-state index contributed by atoms with van der Waals surface area (Å²) in [7, 11) is 2.00. The average molecular weight is 366 g/mol. The first-order chi connectivity index (χ1) is 11.3. The number of hydrogen-bond donors (Lipinski definition) is 2. The Morgan fingerprint density at radius 2 is 1.79 bits per heavy atom. The monoisotopic (exact) mass is 365 g/mol. The quantitative estimate of drug-likeness (QED) is 0.834. The minimum atomic E-state index is -0.105. The molecule has 128 valence electrons. The second kappa shape index (κ2) is 8.02. The van der Waals surface area contributed by atoms with Gasteiger partial charge in [0.05, 0.1) is 22.8 Å². The van der Waals surface area contributed by atoms with Gasteiger partial charge in [-0.25, -0.2) is 0 Å². The van der Waals surface area contributed by atoms with Crippen molar-refractivity contribution in [2.24, 2.45) is 0 Å². The molecular weight excluding hydrogens is 343 g/mol. The van der Waals surface area contributed by atoms with Crippen molar-refractivity contribution in [1.29, 1.82) is 0 Å². The molecule has 3 nitrogen and oxygen atoms in total. The Bertz CT molecular complexity index is 759. The highest BCUT2D eigenvalue weighted by Crippen LogP contribution is 2.32. The van der Waals surface area contributed by atoms with Gasteiger partial charge in [-0.05, 0) is 38.0 Å². The Morgan fingerprint density at radius 1 is 1.08 bits per heavy atom. The molecule has 2 aromatic rings. The Kier molecular flexibility index (Phi) is 6.27. The van der Waals surface area contributed by atoms with E-state index in [1.807, 2.05) is 20.0 Å². The predicted molar refractivity (Wildman–Crippen MR) is 101 cm³/mol. The number of benzene rings is 2. The maximum Gasteiger partial charge on any atom is 0.279 e. The lowest BCUT2D eigenvalue weighted by molar-refractivity contribution is -0.885. The third kappa shape index (κ3) is 4.73. The van der Waals surface area contributed by atoms with Gasteiger partial charge in [-0.15, -0.1) is 0 Å². The molecule has 0 radical (unpaired) electrons. The fourth-order valence-corrected chi connectivity index (χ4v) is 3.13. The van der Waals surface area contributed by atoms with Crippen LogP contribution in [0.2, 0.25) is 10.0 Å². The Balaban J connectivity index is 2.01. The molecule has 2 rings (SSSR count). The molecule has 0 heterocycles. The molecule has 0 aliphatic heterocycles. The second-order valence-corrected chi connectivity index (χ2v) is 7.13. The fourth-order valence-electron chi connectivity index (χ4n) is 2.66. The van der Waals surface area contributed by atoms with Gasteiger partial charge in [-0.3, -0.25) is 4.79 Å². The zero-order valence-corrected chi connectivity index (χ0v) is 16.0. The van der Waals surface area contributed by atoms with Gasteiger partial charge in [-0.1, -0.05) is 53.0 Å². The normalized spacial score (nSPS) is 12.1. The summed E-state index contributed by atoms with van der Waals surface area (Å²) in [6.07, 6.45) is 0. The number of amides is 1. The number of halogens is 2. The van der Waals surface area contributed by atoms with Crippen LogP contribution in [0.25, 0.3) is 0 Å². The number of anilines is 1. The van der Waals surface area contributed by atoms with E-state index in [1.54, 1.807) is 6.07 Å². The summed E-state index contributed by atoms with van der Waals surface area (Å²) >= 11 is 12.4. The van der Waals surface area contributed by atoms with Crippen LogP contribution >= 0.6 is 23.2 Å². The number of carbonyl (C=O) groups excluding carboxylic acids is 1. The highest BCUT2D eigenvalue weighted by molar-refractivity contribution is 6.40. The molecule has 0 fully saturated rings. The van der Waals surface area contributed by atoms with Crippen molar-refractivity contribution < 1.29 is 9.69 Å². The fraction of sp³-hybridized carbons (Fsp3) is 0.316. The third-order valence-corrected chi connectivity index (χ3v) is 4.80. The van der Waals surface area contributed by atoms with E-state index in [4.69, 9.17) is 23.2 Å². The van der Waals surface area contributed by atoms with Gasteiger partial charge in [0.1, 0.15) is 6.54 Å². The van der Waals surface area contributed by atoms with Crippen molar-refractivity contribution in [2.45, 2.75) is 27.3 Å². The van der Waals surface area contributed by atoms with Crippen LogP contribution in [0.1, 0.15) is 22.3 Å². The summed E-state index contributed by atoms with van der Waals surface area (Å²) < 4.78 is 0. The van der Waals surface area contributed by atoms with Gasteiger partial charge in [0, 0.05) is 5.56 Å². The molecule has 1 amide bonds. The second-order valence-electron chi connectivity index (χ2n) is 6.34. The minimum absolute atomic E-state index is 0.105. The summed E-state index contributed by atoms with van der Waals surface area (Å²) in [6, 6.07) is 9.96. The maximum atomic E-state index is 12.3. The van der Waals surface area contributed by atoms with E-state index in [2.05, 4.69) is 37.4 Å². The van der Waals surface area contributed by atoms with Crippen LogP contribution in [0, 0.1) is 20.8 Å². The van der Waals surface area contributed by atoms with Crippen molar-refractivity contribution in [1.82, 2.24) is 0 Å². The first-order valence-corrected chi connectivity index (χ1v) is 8.65. The van der Waals surface area contributed by atoms with Crippen molar-refractivity contribution >= 4 is 34.8 Å². The zero-order chi connectivity index (χ0) is 17.9. The van der Waals surface area contributed by atoms with Gasteiger partial charge >= 0.3 is 0 Å². The highest BCUT2D eigenvalue weighted by atomic mass is 35.5. The third-order valence-electron chi connectivity index (χ3n) is 4.00. The molecule has 5 heteroatoms. The van der Waals surface area contributed by atoms with Crippen LogP contribution in [0.15, 0.2) is 30.3 Å². The molecule has 0 saturated heterocycles. The minimum Gasteiger partial charge on any atom is -0.326 e. The summed E-state index contributed by atoms with van der Waals surface area (Å²) in [4.78, 5) is 13.4. The zero-order valence-electron chi connectivity index (χ0n) is 14.5. The number of hydrogen-bond acceptors (Lipinski definition) is 1. The molecular formula is C19H23Cl2N2O+. The first-order valence-electron chi connectivity index (χ1n) is 7.90. The standard InChI is InChI=1S/C19H22Cl2N2O/c1-12-5-7-15(14(3)9-12)10-23(4)11-17(24)22-19-16(20)8-6-13(2)18(19)21/h5-9H,10-11H2,1-4H3,(H,22,24)/p+1. The maximum absolute atomic E-state index is 12.3. The Labute approximate surface area is 153 Å². The first kappa shape index (κ1) is 18.8. The molecule has 0 saturated carbocycles. The van der Waals surface area contributed by atoms with E-state index in [1.165, 1.54) is 16.7 Å². The predicted octanol–water partition coefficient (Wildman–Crippen LogP) is 3.57. The van der Waals surface area contributed by atoms with Crippen LogP contribution < -0.4 is 10.2 Å². The van der Waals surface area contributed by atoms with Crippen LogP contribution in [-0.2, 0) is 11.3 Å². The van der Waals surface area contributed by atoms with Gasteiger partial charge in [0.25, 0.3) is 5.91 Å². The number of likely N-dealkylation sites (N-methyl/N-ethyl adjacent to an activating group) is 1. The molecule has 1 atom stereocenters. The van der Waals surface area contributed by atoms with Crippen molar-refractivity contribution in [3.8, 4) is 0 Å². The average Bonchev–Trinajstić information content (AvgIpc) is 2.50. The van der Waals surface area contributed by atoms with Crippen LogP contribution in [0.3, 0.4) is 0 Å². The van der Waals surface area contributed by atoms with E-state index >= 15 is 0 Å². The topological polar surface area (TPSA) is 33.5 Å². The van der Waals surface area contributed by atoms with Crippen molar-refractivity contribution in [2.75, 3.05) is 18.9 Å². The van der Waals surface area contributed by atoms with Gasteiger partial charge < -0.3 is 10.2 Å². The van der Waals surface area contributed by atoms with Crippen molar-refractivity contribution in [3.05, 3.63) is 62.6 Å². The molecule has 24 heavy (non-hydrogen) atoms. The summed E-state index contributed by atoms with van der Waals surface area (Å²) in [5.41, 5.74) is 5.11. The van der Waals surface area contributed by atoms with E-state index in [0.29, 0.717) is 22.3 Å². The lowest BCUT2D eigenvalue weighted by atomic mass is 10.1. The smallest absolute Gasteiger partial charge is 0.279 e. The molecule has 0 bridgehead atoms. The van der Waals surface area contributed by atoms with E-state index in [0.717, 1.165) is 17.0 Å². The lowest BCUT2D eigenvalue weighted by Gasteiger charge is -2.16. The van der Waals surface area contributed by atoms with E-state index in [9.17, 15) is 4.79 Å². The molecule has 0 aliphatic carbocycles. The molecule has 2 N–H and O–H groups in total. The van der Waals surface area contributed by atoms with E-state index in [-0.39, 0.29) is 5.91 Å². The lowest BCUT2D eigenvalue weighted by Crippen LogP contribution is -3.08. The number of quaternary nitrogens is 1. The molecule has 0 aromatic heterocycles. The van der Waals surface area contributed by atoms with Crippen LogP contribution in [0.5, 0.6) is 0 Å². The van der Waals surface area contributed by atoms with Crippen LogP contribution in [0.4, 0.5) is 5.69 Å². The molecule has 2 aromatic carbocycles. The SMILES string of the molecule is Cc1ccc(C[NH+](C)CC(=O)Nc2c(Cl)ccc(C)c2Cl)c(C)c1. The van der Waals surface area contributed by atoms with Crippen molar-refractivity contribution in [3.63, 3.8) is 0 Å². The molecule has 1 unspecified atom stereocenters. The Hall–Kier alpha value is -1.55. The summed E-state index contributed by atoms with van der Waals surface area (Å²) in [5, 5.41) is 3.77. The molecule has 0 spiro atoms. The Morgan fingerprint density at radius 3 is 2.46 bits per heavy atom. The summed E-state index contributed by atoms with van der Waals surface area (Å²) in [5.74, 6) is -0.105. The largest absolute Gasteiger partial charge is 0.326 e. The van der Waals surface area contributed by atoms with Crippen LogP contribution in [-0.4, -0.2) is 19.5 Å². The number of aryl methyl sites for hydroxylation is 3. The number of rotatable bonds is 5. The highest BCUT2D eigenvalue weighted by Gasteiger charge is 2.16. The van der Waals surface area contributed by atoms with Gasteiger partial charge in [0.15, 0.2) is 6.54 Å². The number of carbonyl (C=O) groups is 1.